The number of hydrogen-bond donors (Lipinski definition) is 0. The third-order valence-corrected chi connectivity index (χ3v) is 5.91. The Hall–Kier alpha value is -1.67. The zero-order valence-electron chi connectivity index (χ0n) is 23.5. The molecule has 1 amide bonds. The van der Waals surface area contributed by atoms with Crippen molar-refractivity contribution >= 4 is 23.4 Å². The molecule has 1 aromatic heterocycles. The minimum atomic E-state index is -0.558. The Morgan fingerprint density at radius 1 is 1.12 bits per heavy atom. The molecule has 0 aliphatic heterocycles. The number of hydrogen-bond acceptors (Lipinski definition) is 7. The summed E-state index contributed by atoms with van der Waals surface area (Å²) in [7, 11) is 3.33. The lowest BCUT2D eigenvalue weighted by Crippen LogP contribution is -2.44. The molecule has 0 fully saturated rings. The van der Waals surface area contributed by atoms with Gasteiger partial charge in [0, 0.05) is 32.0 Å². The van der Waals surface area contributed by atoms with Crippen LogP contribution in [0.1, 0.15) is 110 Å². The van der Waals surface area contributed by atoms with Crippen LogP contribution in [0.3, 0.4) is 0 Å². The van der Waals surface area contributed by atoms with E-state index < -0.39 is 11.6 Å². The van der Waals surface area contributed by atoms with Crippen LogP contribution < -0.4 is 0 Å². The summed E-state index contributed by atoms with van der Waals surface area (Å²) in [5.74, 6) is -0.259. The molecule has 0 aromatic carbocycles. The molecule has 0 N–H and O–H groups in total. The number of rotatable bonds is 9. The van der Waals surface area contributed by atoms with Gasteiger partial charge in [-0.1, -0.05) is 48.0 Å². The van der Waals surface area contributed by atoms with Crippen LogP contribution in [0.2, 0.25) is 0 Å². The van der Waals surface area contributed by atoms with Crippen LogP contribution in [-0.4, -0.2) is 54.4 Å². The molecule has 8 heteroatoms. The second-order valence-corrected chi connectivity index (χ2v) is 11.9. The standard InChI is InChI=1S/C19H32N2O5S.C7H16/c1-9-25-17(22)13-11-27-16(20-13)15(24-8)10-14(12(2)3)21(7)18(23)26-19(4,5)6;1-5-6-7(2,3)4/h11-12,14-15H,9-10H2,1-8H3;5-6H2,1-4H3. The molecule has 2 unspecified atom stereocenters. The van der Waals surface area contributed by atoms with Crippen molar-refractivity contribution in [2.24, 2.45) is 11.3 Å². The van der Waals surface area contributed by atoms with Crippen molar-refractivity contribution < 1.29 is 23.8 Å². The van der Waals surface area contributed by atoms with Gasteiger partial charge in [-0.25, -0.2) is 14.6 Å². The van der Waals surface area contributed by atoms with E-state index in [4.69, 9.17) is 14.2 Å². The van der Waals surface area contributed by atoms with E-state index in [-0.39, 0.29) is 29.9 Å². The van der Waals surface area contributed by atoms with Crippen LogP contribution in [0.5, 0.6) is 0 Å². The monoisotopic (exact) mass is 500 g/mol. The third-order valence-electron chi connectivity index (χ3n) is 4.97. The Balaban J connectivity index is 0.00000135. The molecule has 0 aliphatic rings. The first kappa shape index (κ1) is 32.3. The Morgan fingerprint density at radius 3 is 2.09 bits per heavy atom. The van der Waals surface area contributed by atoms with Gasteiger partial charge in [-0.2, -0.15) is 0 Å². The van der Waals surface area contributed by atoms with Crippen LogP contribution in [0.25, 0.3) is 0 Å². The zero-order valence-corrected chi connectivity index (χ0v) is 24.3. The minimum Gasteiger partial charge on any atom is -0.461 e. The van der Waals surface area contributed by atoms with E-state index in [0.29, 0.717) is 23.5 Å². The Labute approximate surface area is 211 Å². The van der Waals surface area contributed by atoms with Crippen molar-refractivity contribution in [3.8, 4) is 0 Å². The first-order chi connectivity index (χ1) is 15.6. The van der Waals surface area contributed by atoms with Crippen molar-refractivity contribution in [3.05, 3.63) is 16.1 Å². The maximum absolute atomic E-state index is 12.5. The van der Waals surface area contributed by atoms with Gasteiger partial charge in [-0.05, 0) is 45.4 Å². The highest BCUT2D eigenvalue weighted by Gasteiger charge is 2.31. The van der Waals surface area contributed by atoms with E-state index in [0.717, 1.165) is 0 Å². The van der Waals surface area contributed by atoms with E-state index in [1.165, 1.54) is 24.2 Å². The van der Waals surface area contributed by atoms with Crippen LogP contribution >= 0.6 is 11.3 Å². The molecule has 7 nitrogen and oxygen atoms in total. The van der Waals surface area contributed by atoms with Gasteiger partial charge in [0.25, 0.3) is 0 Å². The fourth-order valence-corrected chi connectivity index (χ4v) is 4.22. The lowest BCUT2D eigenvalue weighted by atomic mass is 9.91. The predicted molar refractivity (Wildman–Crippen MR) is 139 cm³/mol. The number of aromatic nitrogens is 1. The maximum atomic E-state index is 12.5. The van der Waals surface area contributed by atoms with Gasteiger partial charge in [0.05, 0.1) is 6.61 Å². The summed E-state index contributed by atoms with van der Waals surface area (Å²) in [6.07, 6.45) is 2.48. The van der Waals surface area contributed by atoms with E-state index in [1.807, 2.05) is 34.6 Å². The molecule has 0 spiro atoms. The third kappa shape index (κ3) is 12.7. The quantitative estimate of drug-likeness (QED) is 0.336. The molecule has 0 bridgehead atoms. The predicted octanol–water partition coefficient (Wildman–Crippen LogP) is 7.12. The SMILES string of the molecule is CCCC(C)(C)C.CCOC(=O)c1csc(C(CC(C(C)C)N(C)C(=O)OC(C)(C)C)OC)n1. The van der Waals surface area contributed by atoms with E-state index in [2.05, 4.69) is 32.7 Å². The first-order valence-electron chi connectivity index (χ1n) is 12.2. The van der Waals surface area contributed by atoms with Crippen molar-refractivity contribution in [1.82, 2.24) is 9.88 Å². The molecule has 0 aliphatic carbocycles. The van der Waals surface area contributed by atoms with Crippen molar-refractivity contribution in [2.45, 2.75) is 106 Å². The molecular weight excluding hydrogens is 452 g/mol. The number of nitrogens with zero attached hydrogens (tertiary/aromatic N) is 2. The number of ether oxygens (including phenoxy) is 3. The molecule has 0 saturated carbocycles. The van der Waals surface area contributed by atoms with E-state index in [9.17, 15) is 9.59 Å². The van der Waals surface area contributed by atoms with Crippen molar-refractivity contribution in [1.29, 1.82) is 0 Å². The average molecular weight is 501 g/mol. The number of methoxy groups -OCH3 is 1. The largest absolute Gasteiger partial charge is 0.461 e. The fourth-order valence-electron chi connectivity index (χ4n) is 3.35. The topological polar surface area (TPSA) is 78.0 Å². The van der Waals surface area contributed by atoms with Crippen molar-refractivity contribution in [2.75, 3.05) is 20.8 Å². The summed E-state index contributed by atoms with van der Waals surface area (Å²) in [4.78, 5) is 30.3. The van der Waals surface area contributed by atoms with Gasteiger partial charge < -0.3 is 19.1 Å². The van der Waals surface area contributed by atoms with Crippen LogP contribution in [0.4, 0.5) is 4.79 Å². The summed E-state index contributed by atoms with van der Waals surface area (Å²) in [5, 5.41) is 2.35. The van der Waals surface area contributed by atoms with Crippen molar-refractivity contribution in [3.63, 3.8) is 0 Å². The first-order valence-corrected chi connectivity index (χ1v) is 13.0. The molecular formula is C26H48N2O5S. The Bertz CT molecular complexity index is 734. The van der Waals surface area contributed by atoms with Gasteiger partial charge >= 0.3 is 12.1 Å². The van der Waals surface area contributed by atoms with Crippen LogP contribution in [0.15, 0.2) is 5.38 Å². The lowest BCUT2D eigenvalue weighted by Gasteiger charge is -2.34. The summed E-state index contributed by atoms with van der Waals surface area (Å²) in [5.41, 5.74) is 0.270. The normalized spacial score (nSPS) is 13.6. The van der Waals surface area contributed by atoms with Gasteiger partial charge in [0.1, 0.15) is 16.7 Å². The average Bonchev–Trinajstić information content (AvgIpc) is 3.16. The van der Waals surface area contributed by atoms with Gasteiger partial charge in [0.15, 0.2) is 5.69 Å². The van der Waals surface area contributed by atoms with Crippen LogP contribution in [0, 0.1) is 11.3 Å². The molecule has 0 radical (unpaired) electrons. The highest BCUT2D eigenvalue weighted by Crippen LogP contribution is 2.30. The van der Waals surface area contributed by atoms with Crippen LogP contribution in [-0.2, 0) is 14.2 Å². The summed E-state index contributed by atoms with van der Waals surface area (Å²) < 4.78 is 16.1. The van der Waals surface area contributed by atoms with Gasteiger partial charge in [-0.15, -0.1) is 11.3 Å². The second kappa shape index (κ2) is 14.7. The lowest BCUT2D eigenvalue weighted by molar-refractivity contribution is 0.00576. The Kier molecular flexibility index (Phi) is 13.9. The van der Waals surface area contributed by atoms with Gasteiger partial charge in [-0.3, -0.25) is 0 Å². The summed E-state index contributed by atoms with van der Waals surface area (Å²) >= 11 is 1.35. The molecule has 2 atom stereocenters. The Morgan fingerprint density at radius 2 is 1.71 bits per heavy atom. The molecule has 198 valence electrons. The second-order valence-electron chi connectivity index (χ2n) is 11.0. The molecule has 1 aromatic rings. The van der Waals surface area contributed by atoms with E-state index >= 15 is 0 Å². The molecule has 1 heterocycles. The number of amides is 1. The van der Waals surface area contributed by atoms with Gasteiger partial charge in [0.2, 0.25) is 0 Å². The highest BCUT2D eigenvalue weighted by atomic mass is 32.1. The summed E-state index contributed by atoms with van der Waals surface area (Å²) in [6, 6.07) is -0.111. The summed E-state index contributed by atoms with van der Waals surface area (Å²) in [6.45, 7) is 20.7. The zero-order chi connectivity index (χ0) is 26.7. The maximum Gasteiger partial charge on any atom is 0.410 e. The fraction of sp³-hybridized carbons (Fsp3) is 0.808. The van der Waals surface area contributed by atoms with E-state index in [1.54, 1.807) is 31.4 Å². The highest BCUT2D eigenvalue weighted by molar-refractivity contribution is 7.09. The molecule has 0 saturated heterocycles. The number of esters is 1. The number of carbonyl (C=O) groups is 2. The number of carbonyl (C=O) groups excluding carboxylic acids is 2. The smallest absolute Gasteiger partial charge is 0.410 e. The minimum absolute atomic E-state index is 0.111. The molecule has 34 heavy (non-hydrogen) atoms. The number of thiazole rings is 1. The molecule has 1 rings (SSSR count).